The van der Waals surface area contributed by atoms with Crippen LogP contribution in [0, 0.1) is 6.92 Å². The maximum absolute atomic E-state index is 10.8. The Bertz CT molecular complexity index is 307. The highest BCUT2D eigenvalue weighted by atomic mass is 16.3. The van der Waals surface area contributed by atoms with E-state index in [1.807, 2.05) is 0 Å². The highest BCUT2D eigenvalue weighted by molar-refractivity contribution is 5.94. The molecule has 0 fully saturated rings. The van der Waals surface area contributed by atoms with Crippen LogP contribution >= 0.6 is 0 Å². The molecule has 12 heavy (non-hydrogen) atoms. The summed E-state index contributed by atoms with van der Waals surface area (Å²) in [4.78, 5) is 10.8. The number of aliphatic hydroxyl groups excluding tert-OH is 1. The number of amides is 1. The standard InChI is InChI=1S/C9H11NO2/c1-6-4-7(5-11)2-3-8(6)9(10)12/h2-4,11H,5H2,1H3,(H2,10,12). The van der Waals surface area contributed by atoms with E-state index in [0.29, 0.717) is 5.56 Å². The van der Waals surface area contributed by atoms with Gasteiger partial charge in [0.2, 0.25) is 5.91 Å². The Labute approximate surface area is 70.8 Å². The molecule has 1 aromatic carbocycles. The molecule has 3 nitrogen and oxygen atoms in total. The van der Waals surface area contributed by atoms with Crippen molar-refractivity contribution in [2.24, 2.45) is 5.73 Å². The molecule has 0 unspecified atom stereocenters. The molecule has 1 amide bonds. The molecular formula is C9H11NO2. The molecule has 1 rings (SSSR count). The second-order valence-corrected chi connectivity index (χ2v) is 2.67. The van der Waals surface area contributed by atoms with Gasteiger partial charge < -0.3 is 10.8 Å². The van der Waals surface area contributed by atoms with Gasteiger partial charge in [-0.25, -0.2) is 0 Å². The van der Waals surface area contributed by atoms with Crippen molar-refractivity contribution < 1.29 is 9.90 Å². The molecular weight excluding hydrogens is 154 g/mol. The van der Waals surface area contributed by atoms with E-state index in [9.17, 15) is 4.79 Å². The smallest absolute Gasteiger partial charge is 0.248 e. The molecule has 0 aliphatic carbocycles. The Balaban J connectivity index is 3.12. The SMILES string of the molecule is Cc1cc(CO)ccc1C(N)=O. The van der Waals surface area contributed by atoms with Gasteiger partial charge in [-0.1, -0.05) is 12.1 Å². The van der Waals surface area contributed by atoms with E-state index in [1.54, 1.807) is 25.1 Å². The fourth-order valence-corrected chi connectivity index (χ4v) is 1.10. The number of carbonyl (C=O) groups excluding carboxylic acids is 1. The fraction of sp³-hybridized carbons (Fsp3) is 0.222. The summed E-state index contributed by atoms with van der Waals surface area (Å²) in [6.07, 6.45) is 0. The Hall–Kier alpha value is -1.35. The summed E-state index contributed by atoms with van der Waals surface area (Å²) in [6, 6.07) is 5.07. The Morgan fingerprint density at radius 2 is 2.25 bits per heavy atom. The van der Waals surface area contributed by atoms with Crippen molar-refractivity contribution in [1.29, 1.82) is 0 Å². The predicted octanol–water partition coefficient (Wildman–Crippen LogP) is 0.586. The van der Waals surface area contributed by atoms with E-state index in [0.717, 1.165) is 11.1 Å². The number of nitrogens with two attached hydrogens (primary N) is 1. The van der Waals surface area contributed by atoms with Crippen molar-refractivity contribution in [3.8, 4) is 0 Å². The Morgan fingerprint density at radius 3 is 2.67 bits per heavy atom. The van der Waals surface area contributed by atoms with E-state index in [-0.39, 0.29) is 6.61 Å². The minimum Gasteiger partial charge on any atom is -0.392 e. The van der Waals surface area contributed by atoms with Gasteiger partial charge in [0, 0.05) is 5.56 Å². The van der Waals surface area contributed by atoms with Crippen LogP contribution < -0.4 is 5.73 Å². The largest absolute Gasteiger partial charge is 0.392 e. The average Bonchev–Trinajstić information content (AvgIpc) is 2.03. The molecule has 0 atom stereocenters. The van der Waals surface area contributed by atoms with Crippen LogP contribution in [-0.2, 0) is 6.61 Å². The van der Waals surface area contributed by atoms with E-state index >= 15 is 0 Å². The van der Waals surface area contributed by atoms with E-state index in [2.05, 4.69) is 0 Å². The van der Waals surface area contributed by atoms with Crippen LogP contribution in [0.3, 0.4) is 0 Å². The summed E-state index contributed by atoms with van der Waals surface area (Å²) in [5.74, 6) is -0.433. The van der Waals surface area contributed by atoms with Crippen LogP contribution in [0.1, 0.15) is 21.5 Å². The average molecular weight is 165 g/mol. The van der Waals surface area contributed by atoms with Gasteiger partial charge in [-0.15, -0.1) is 0 Å². The van der Waals surface area contributed by atoms with E-state index in [4.69, 9.17) is 10.8 Å². The van der Waals surface area contributed by atoms with Gasteiger partial charge in [0.1, 0.15) is 0 Å². The summed E-state index contributed by atoms with van der Waals surface area (Å²) in [5.41, 5.74) is 7.20. The Kier molecular flexibility index (Phi) is 2.45. The highest BCUT2D eigenvalue weighted by Crippen LogP contribution is 2.10. The molecule has 0 saturated heterocycles. The zero-order chi connectivity index (χ0) is 9.14. The number of aliphatic hydroxyl groups is 1. The van der Waals surface area contributed by atoms with Gasteiger partial charge in [-0.3, -0.25) is 4.79 Å². The molecule has 1 aromatic rings. The van der Waals surface area contributed by atoms with Gasteiger partial charge in [0.15, 0.2) is 0 Å². The second kappa shape index (κ2) is 3.36. The molecule has 0 bridgehead atoms. The summed E-state index contributed by atoms with van der Waals surface area (Å²) >= 11 is 0. The lowest BCUT2D eigenvalue weighted by Gasteiger charge is -2.02. The van der Waals surface area contributed by atoms with E-state index in [1.165, 1.54) is 0 Å². The van der Waals surface area contributed by atoms with Crippen molar-refractivity contribution in [3.63, 3.8) is 0 Å². The number of hydrogen-bond donors (Lipinski definition) is 2. The third-order valence-electron chi connectivity index (χ3n) is 1.74. The van der Waals surface area contributed by atoms with Crippen molar-refractivity contribution in [1.82, 2.24) is 0 Å². The molecule has 0 saturated carbocycles. The maximum Gasteiger partial charge on any atom is 0.248 e. The zero-order valence-corrected chi connectivity index (χ0v) is 6.87. The molecule has 0 radical (unpaired) electrons. The third-order valence-corrected chi connectivity index (χ3v) is 1.74. The first-order valence-corrected chi connectivity index (χ1v) is 3.65. The summed E-state index contributed by atoms with van der Waals surface area (Å²) in [5, 5.41) is 8.78. The van der Waals surface area contributed by atoms with Crippen LogP contribution in [0.5, 0.6) is 0 Å². The minimum absolute atomic E-state index is 0.0140. The quantitative estimate of drug-likeness (QED) is 0.673. The normalized spacial score (nSPS) is 9.83. The van der Waals surface area contributed by atoms with E-state index < -0.39 is 5.91 Å². The number of primary amides is 1. The van der Waals surface area contributed by atoms with Crippen molar-refractivity contribution in [3.05, 3.63) is 34.9 Å². The van der Waals surface area contributed by atoms with Gasteiger partial charge in [-0.2, -0.15) is 0 Å². The molecule has 3 heteroatoms. The van der Waals surface area contributed by atoms with Gasteiger partial charge in [0.25, 0.3) is 0 Å². The topological polar surface area (TPSA) is 63.3 Å². The first kappa shape index (κ1) is 8.74. The van der Waals surface area contributed by atoms with Crippen LogP contribution in [0.2, 0.25) is 0 Å². The number of hydrogen-bond acceptors (Lipinski definition) is 2. The van der Waals surface area contributed by atoms with Crippen LogP contribution in [-0.4, -0.2) is 11.0 Å². The molecule has 0 spiro atoms. The summed E-state index contributed by atoms with van der Waals surface area (Å²) in [6.45, 7) is 1.78. The van der Waals surface area contributed by atoms with Gasteiger partial charge >= 0.3 is 0 Å². The zero-order valence-electron chi connectivity index (χ0n) is 6.87. The van der Waals surface area contributed by atoms with Crippen LogP contribution in [0.25, 0.3) is 0 Å². The summed E-state index contributed by atoms with van der Waals surface area (Å²) in [7, 11) is 0. The molecule has 0 aliphatic rings. The lowest BCUT2D eigenvalue weighted by molar-refractivity contribution is 0.0999. The third kappa shape index (κ3) is 1.62. The first-order chi connectivity index (χ1) is 5.65. The van der Waals surface area contributed by atoms with Gasteiger partial charge in [-0.05, 0) is 24.1 Å². The number of carbonyl (C=O) groups is 1. The molecule has 0 heterocycles. The van der Waals surface area contributed by atoms with Gasteiger partial charge in [0.05, 0.1) is 6.61 Å². The molecule has 0 aliphatic heterocycles. The van der Waals surface area contributed by atoms with Crippen molar-refractivity contribution in [2.45, 2.75) is 13.5 Å². The maximum atomic E-state index is 10.8. The van der Waals surface area contributed by atoms with Crippen LogP contribution in [0.4, 0.5) is 0 Å². The Morgan fingerprint density at radius 1 is 1.58 bits per heavy atom. The molecule has 64 valence electrons. The first-order valence-electron chi connectivity index (χ1n) is 3.65. The van der Waals surface area contributed by atoms with Crippen molar-refractivity contribution in [2.75, 3.05) is 0 Å². The van der Waals surface area contributed by atoms with Crippen molar-refractivity contribution >= 4 is 5.91 Å². The molecule has 0 aromatic heterocycles. The fourth-order valence-electron chi connectivity index (χ4n) is 1.10. The highest BCUT2D eigenvalue weighted by Gasteiger charge is 2.03. The lowest BCUT2D eigenvalue weighted by atomic mass is 10.1. The van der Waals surface area contributed by atoms with Crippen LogP contribution in [0.15, 0.2) is 18.2 Å². The summed E-state index contributed by atoms with van der Waals surface area (Å²) < 4.78 is 0. The number of rotatable bonds is 2. The predicted molar refractivity (Wildman–Crippen MR) is 45.6 cm³/mol. The molecule has 3 N–H and O–H groups in total. The minimum atomic E-state index is -0.433. The second-order valence-electron chi connectivity index (χ2n) is 2.67. The number of aryl methyl sites for hydroxylation is 1. The lowest BCUT2D eigenvalue weighted by Crippen LogP contribution is -2.12. The number of benzene rings is 1. The monoisotopic (exact) mass is 165 g/mol.